The summed E-state index contributed by atoms with van der Waals surface area (Å²) in [6, 6.07) is 0. The third-order valence-electron chi connectivity index (χ3n) is 3.76. The zero-order valence-corrected chi connectivity index (χ0v) is 18.9. The lowest BCUT2D eigenvalue weighted by atomic mass is 9.99. The van der Waals surface area contributed by atoms with Crippen molar-refractivity contribution < 1.29 is 28.5 Å². The monoisotopic (exact) mass is 419 g/mol. The quantitative estimate of drug-likeness (QED) is 0.343. The predicted octanol–water partition coefficient (Wildman–Crippen LogP) is 1.27. The number of hydrogen-bond donors (Lipinski definition) is 2. The Morgan fingerprint density at radius 2 is 1.48 bits per heavy atom. The number of nitrogens with zero attached hydrogens (tertiary/aromatic N) is 1. The van der Waals surface area contributed by atoms with Gasteiger partial charge in [-0.25, -0.2) is 4.79 Å². The van der Waals surface area contributed by atoms with Gasteiger partial charge >= 0.3 is 6.09 Å². The number of hydrogen-bond acceptors (Lipinski definition) is 7. The number of ether oxygens (including phenoxy) is 4. The topological polar surface area (TPSA) is 98.4 Å². The molecule has 0 saturated carbocycles. The smallest absolute Gasteiger partial charge is 0.407 e. The highest BCUT2D eigenvalue weighted by Crippen LogP contribution is 2.12. The van der Waals surface area contributed by atoms with Crippen LogP contribution < -0.4 is 10.6 Å². The molecule has 0 atom stereocenters. The molecule has 2 amide bonds. The summed E-state index contributed by atoms with van der Waals surface area (Å²) in [6.45, 7) is 16.4. The average molecular weight is 420 g/mol. The van der Waals surface area contributed by atoms with Crippen LogP contribution in [0.3, 0.4) is 0 Å². The Labute approximate surface area is 175 Å². The summed E-state index contributed by atoms with van der Waals surface area (Å²) in [5.74, 6) is -0.201. The Balaban J connectivity index is 3.40. The fourth-order valence-corrected chi connectivity index (χ4v) is 2.18. The summed E-state index contributed by atoms with van der Waals surface area (Å²) in [5, 5.41) is 5.39. The molecule has 9 nitrogen and oxygen atoms in total. The lowest BCUT2D eigenvalue weighted by Crippen LogP contribution is -2.35. The fraction of sp³-hybridized carbons (Fsp3) is 0.900. The summed E-state index contributed by atoms with van der Waals surface area (Å²) in [6.07, 6.45) is -0.447. The van der Waals surface area contributed by atoms with Gasteiger partial charge in [0.25, 0.3) is 0 Å². The SMILES string of the molecule is CCN(CC)CCNC(=O)OCCOCCNC(=O)COCCOCC(C)(C)C. The molecule has 0 fully saturated rings. The lowest BCUT2D eigenvalue weighted by Gasteiger charge is -2.17. The molecule has 0 aliphatic heterocycles. The van der Waals surface area contributed by atoms with Gasteiger partial charge in [-0.3, -0.25) is 4.79 Å². The second-order valence-electron chi connectivity index (χ2n) is 7.72. The first-order chi connectivity index (χ1) is 13.8. The molecule has 0 aromatic heterocycles. The molecule has 172 valence electrons. The Morgan fingerprint density at radius 1 is 0.828 bits per heavy atom. The summed E-state index contributed by atoms with van der Waals surface area (Å²) in [5.41, 5.74) is 0.122. The molecular formula is C20H41N3O6. The largest absolute Gasteiger partial charge is 0.447 e. The Kier molecular flexibility index (Phi) is 16.6. The maximum Gasteiger partial charge on any atom is 0.407 e. The summed E-state index contributed by atoms with van der Waals surface area (Å²) in [7, 11) is 0. The standard InChI is InChI=1S/C20H41N3O6/c1-6-23(7-2)10-8-22-19(25)29-15-14-26-11-9-21-18(24)16-27-12-13-28-17-20(3,4)5/h6-17H2,1-5H3,(H,21,24)(H,22,25). The van der Waals surface area contributed by atoms with Gasteiger partial charge in [0.15, 0.2) is 0 Å². The molecule has 0 radical (unpaired) electrons. The van der Waals surface area contributed by atoms with Crippen LogP contribution >= 0.6 is 0 Å². The van der Waals surface area contributed by atoms with E-state index in [4.69, 9.17) is 18.9 Å². The van der Waals surface area contributed by atoms with Crippen molar-refractivity contribution in [2.75, 3.05) is 79.0 Å². The normalized spacial score (nSPS) is 11.5. The van der Waals surface area contributed by atoms with Gasteiger partial charge in [-0.15, -0.1) is 0 Å². The number of rotatable bonds is 17. The van der Waals surface area contributed by atoms with Crippen molar-refractivity contribution in [2.24, 2.45) is 5.41 Å². The zero-order valence-electron chi connectivity index (χ0n) is 18.9. The van der Waals surface area contributed by atoms with Gasteiger partial charge in [-0.1, -0.05) is 34.6 Å². The van der Waals surface area contributed by atoms with Crippen LogP contribution in [0.2, 0.25) is 0 Å². The molecule has 0 heterocycles. The van der Waals surface area contributed by atoms with E-state index in [9.17, 15) is 9.59 Å². The molecular weight excluding hydrogens is 378 g/mol. The van der Waals surface area contributed by atoms with Gasteiger partial charge in [-0.05, 0) is 18.5 Å². The van der Waals surface area contributed by atoms with E-state index in [0.29, 0.717) is 39.5 Å². The molecule has 0 rings (SSSR count). The van der Waals surface area contributed by atoms with Gasteiger partial charge in [0.1, 0.15) is 13.2 Å². The second-order valence-corrected chi connectivity index (χ2v) is 7.72. The number of nitrogens with one attached hydrogen (secondary N) is 2. The van der Waals surface area contributed by atoms with Crippen LogP contribution in [0.1, 0.15) is 34.6 Å². The predicted molar refractivity (Wildman–Crippen MR) is 112 cm³/mol. The van der Waals surface area contributed by atoms with Gasteiger partial charge in [0.05, 0.1) is 33.0 Å². The minimum Gasteiger partial charge on any atom is -0.447 e. The zero-order chi connectivity index (χ0) is 22.0. The van der Waals surface area contributed by atoms with Gasteiger partial charge in [0.2, 0.25) is 5.91 Å². The fourth-order valence-electron chi connectivity index (χ4n) is 2.18. The van der Waals surface area contributed by atoms with Crippen LogP contribution in [0.15, 0.2) is 0 Å². The van der Waals surface area contributed by atoms with Crippen molar-refractivity contribution in [3.05, 3.63) is 0 Å². The third kappa shape index (κ3) is 19.7. The average Bonchev–Trinajstić information content (AvgIpc) is 2.66. The summed E-state index contributed by atoms with van der Waals surface area (Å²) in [4.78, 5) is 25.3. The van der Waals surface area contributed by atoms with Crippen molar-refractivity contribution >= 4 is 12.0 Å². The van der Waals surface area contributed by atoms with Crippen LogP contribution in [0.4, 0.5) is 4.79 Å². The number of likely N-dealkylation sites (N-methyl/N-ethyl adjacent to an activating group) is 1. The maximum absolute atomic E-state index is 11.6. The molecule has 2 N–H and O–H groups in total. The molecule has 0 spiro atoms. The van der Waals surface area contributed by atoms with E-state index in [0.717, 1.165) is 19.6 Å². The first-order valence-electron chi connectivity index (χ1n) is 10.4. The van der Waals surface area contributed by atoms with Crippen LogP contribution in [-0.4, -0.2) is 95.9 Å². The van der Waals surface area contributed by atoms with Crippen molar-refractivity contribution in [1.82, 2.24) is 15.5 Å². The van der Waals surface area contributed by atoms with E-state index in [2.05, 4.69) is 50.2 Å². The van der Waals surface area contributed by atoms with E-state index in [-0.39, 0.29) is 31.1 Å². The second kappa shape index (κ2) is 17.4. The van der Waals surface area contributed by atoms with E-state index in [1.54, 1.807) is 0 Å². The molecule has 9 heteroatoms. The van der Waals surface area contributed by atoms with E-state index >= 15 is 0 Å². The third-order valence-corrected chi connectivity index (χ3v) is 3.76. The molecule has 0 unspecified atom stereocenters. The minimum atomic E-state index is -0.447. The van der Waals surface area contributed by atoms with Gasteiger partial charge in [-0.2, -0.15) is 0 Å². The Bertz CT molecular complexity index is 425. The highest BCUT2D eigenvalue weighted by molar-refractivity contribution is 5.77. The first-order valence-corrected chi connectivity index (χ1v) is 10.4. The number of alkyl carbamates (subject to hydrolysis) is 1. The van der Waals surface area contributed by atoms with E-state index in [1.807, 2.05) is 0 Å². The van der Waals surface area contributed by atoms with Gasteiger partial charge in [0, 0.05) is 19.6 Å². The Hall–Kier alpha value is -1.42. The van der Waals surface area contributed by atoms with Crippen molar-refractivity contribution in [2.45, 2.75) is 34.6 Å². The molecule has 0 aromatic carbocycles. The number of amides is 2. The lowest BCUT2D eigenvalue weighted by molar-refractivity contribution is -0.126. The van der Waals surface area contributed by atoms with Crippen LogP contribution in [0.25, 0.3) is 0 Å². The highest BCUT2D eigenvalue weighted by Gasteiger charge is 2.09. The van der Waals surface area contributed by atoms with E-state index < -0.39 is 6.09 Å². The van der Waals surface area contributed by atoms with Crippen molar-refractivity contribution in [1.29, 1.82) is 0 Å². The van der Waals surface area contributed by atoms with Crippen molar-refractivity contribution in [3.8, 4) is 0 Å². The molecule has 0 aliphatic rings. The number of carbonyl (C=O) groups is 2. The van der Waals surface area contributed by atoms with E-state index in [1.165, 1.54) is 0 Å². The molecule has 0 aliphatic carbocycles. The first kappa shape index (κ1) is 27.6. The molecule has 29 heavy (non-hydrogen) atoms. The maximum atomic E-state index is 11.6. The number of carbonyl (C=O) groups excluding carboxylic acids is 2. The summed E-state index contributed by atoms with van der Waals surface area (Å²) >= 11 is 0. The van der Waals surface area contributed by atoms with Crippen molar-refractivity contribution in [3.63, 3.8) is 0 Å². The van der Waals surface area contributed by atoms with Crippen LogP contribution in [-0.2, 0) is 23.7 Å². The summed E-state index contributed by atoms with van der Waals surface area (Å²) < 4.78 is 21.0. The van der Waals surface area contributed by atoms with Crippen LogP contribution in [0, 0.1) is 5.41 Å². The highest BCUT2D eigenvalue weighted by atomic mass is 16.6. The molecule has 0 bridgehead atoms. The molecule has 0 aromatic rings. The molecule has 0 saturated heterocycles. The Morgan fingerprint density at radius 3 is 2.14 bits per heavy atom. The van der Waals surface area contributed by atoms with Crippen LogP contribution in [0.5, 0.6) is 0 Å². The minimum absolute atomic E-state index is 0.00431. The van der Waals surface area contributed by atoms with Gasteiger partial charge < -0.3 is 34.5 Å².